The predicted octanol–water partition coefficient (Wildman–Crippen LogP) is 2.29. The Morgan fingerprint density at radius 1 is 1.39 bits per heavy atom. The molecule has 3 N–H and O–H groups in total. The highest BCUT2D eigenvalue weighted by atomic mass is 16.5. The van der Waals surface area contributed by atoms with Crippen molar-refractivity contribution in [3.63, 3.8) is 0 Å². The molecule has 98 valence electrons. The minimum atomic E-state index is -0.524. The molecule has 2 rings (SSSR count). The molecule has 1 atom stereocenters. The molecule has 1 fully saturated rings. The van der Waals surface area contributed by atoms with Gasteiger partial charge in [-0.3, -0.25) is 4.79 Å². The van der Waals surface area contributed by atoms with Gasteiger partial charge in [0.15, 0.2) is 0 Å². The van der Waals surface area contributed by atoms with E-state index in [4.69, 9.17) is 10.5 Å². The molecule has 1 saturated carbocycles. The maximum Gasteiger partial charge on any atom is 0.241 e. The van der Waals surface area contributed by atoms with Crippen molar-refractivity contribution in [3.05, 3.63) is 24.3 Å². The number of carbonyl (C=O) groups excluding carboxylic acids is 1. The summed E-state index contributed by atoms with van der Waals surface area (Å²) in [6.07, 6.45) is 4.90. The van der Waals surface area contributed by atoms with Crippen molar-refractivity contribution in [1.82, 2.24) is 0 Å². The summed E-state index contributed by atoms with van der Waals surface area (Å²) in [7, 11) is 0. The summed E-state index contributed by atoms with van der Waals surface area (Å²) in [6, 6.07) is 6.98. The number of hydrogen-bond donors (Lipinski definition) is 2. The fourth-order valence-electron chi connectivity index (χ4n) is 2.11. The first-order chi connectivity index (χ1) is 8.66. The van der Waals surface area contributed by atoms with Gasteiger partial charge in [-0.1, -0.05) is 12.1 Å². The molecule has 1 aliphatic carbocycles. The number of anilines is 1. The number of rotatable bonds is 4. The van der Waals surface area contributed by atoms with Crippen molar-refractivity contribution in [2.75, 3.05) is 5.32 Å². The summed E-state index contributed by atoms with van der Waals surface area (Å²) in [6.45, 7) is 1.66. The molecule has 0 aromatic heterocycles. The van der Waals surface area contributed by atoms with Gasteiger partial charge in [-0.15, -0.1) is 0 Å². The number of hydrogen-bond acceptors (Lipinski definition) is 3. The van der Waals surface area contributed by atoms with Crippen LogP contribution in [0.15, 0.2) is 24.3 Å². The van der Waals surface area contributed by atoms with Crippen LogP contribution in [0.2, 0.25) is 0 Å². The van der Waals surface area contributed by atoms with Crippen LogP contribution >= 0.6 is 0 Å². The molecule has 1 aromatic rings. The molecule has 4 nitrogen and oxygen atoms in total. The van der Waals surface area contributed by atoms with E-state index in [2.05, 4.69) is 5.32 Å². The molecule has 0 spiro atoms. The van der Waals surface area contributed by atoms with Gasteiger partial charge in [0.05, 0.1) is 17.8 Å². The largest absolute Gasteiger partial charge is 0.488 e. The smallest absolute Gasteiger partial charge is 0.241 e. The van der Waals surface area contributed by atoms with Gasteiger partial charge in [0, 0.05) is 0 Å². The van der Waals surface area contributed by atoms with Gasteiger partial charge < -0.3 is 15.8 Å². The van der Waals surface area contributed by atoms with Gasteiger partial charge in [-0.2, -0.15) is 0 Å². The number of carbonyl (C=O) groups is 1. The molecule has 18 heavy (non-hydrogen) atoms. The first-order valence-corrected chi connectivity index (χ1v) is 6.49. The lowest BCUT2D eigenvalue weighted by Crippen LogP contribution is -2.32. The van der Waals surface area contributed by atoms with Crippen LogP contribution in [-0.2, 0) is 4.79 Å². The van der Waals surface area contributed by atoms with E-state index in [1.807, 2.05) is 24.3 Å². The third kappa shape index (κ3) is 3.23. The van der Waals surface area contributed by atoms with Crippen LogP contribution in [0.4, 0.5) is 5.69 Å². The zero-order valence-corrected chi connectivity index (χ0v) is 10.7. The highest BCUT2D eigenvalue weighted by molar-refractivity contribution is 5.95. The van der Waals surface area contributed by atoms with E-state index in [9.17, 15) is 4.79 Å². The normalized spacial score (nSPS) is 17.4. The average Bonchev–Trinajstić information content (AvgIpc) is 2.84. The first kappa shape index (κ1) is 12.9. The second-order valence-corrected chi connectivity index (χ2v) is 4.80. The number of ether oxygens (including phenoxy) is 1. The van der Waals surface area contributed by atoms with Crippen molar-refractivity contribution in [3.8, 4) is 5.75 Å². The Kier molecular flexibility index (Phi) is 4.20. The Bertz CT molecular complexity index is 412. The molecule has 0 saturated heterocycles. The standard InChI is InChI=1S/C14H20N2O2/c1-10(15)14(17)16-12-8-4-5-9-13(12)18-11-6-2-3-7-11/h4-5,8-11H,2-3,6-7,15H2,1H3,(H,16,17)/t10-/m0/s1. The van der Waals surface area contributed by atoms with Crippen LogP contribution < -0.4 is 15.8 Å². The minimum absolute atomic E-state index is 0.197. The van der Waals surface area contributed by atoms with Gasteiger partial charge in [0.1, 0.15) is 5.75 Å². The Balaban J connectivity index is 2.07. The molecule has 0 unspecified atom stereocenters. The van der Waals surface area contributed by atoms with E-state index < -0.39 is 6.04 Å². The average molecular weight is 248 g/mol. The molecule has 0 heterocycles. The van der Waals surface area contributed by atoms with E-state index in [1.54, 1.807) is 6.92 Å². The SMILES string of the molecule is C[C@H](N)C(=O)Nc1ccccc1OC1CCCC1. The highest BCUT2D eigenvalue weighted by Crippen LogP contribution is 2.29. The summed E-state index contributed by atoms with van der Waals surface area (Å²) in [5, 5.41) is 2.79. The monoisotopic (exact) mass is 248 g/mol. The van der Waals surface area contributed by atoms with E-state index in [-0.39, 0.29) is 12.0 Å². The molecule has 1 aromatic carbocycles. The molecule has 1 aliphatic rings. The van der Waals surface area contributed by atoms with Crippen molar-refractivity contribution < 1.29 is 9.53 Å². The zero-order chi connectivity index (χ0) is 13.0. The third-order valence-electron chi connectivity index (χ3n) is 3.15. The van der Waals surface area contributed by atoms with E-state index in [0.717, 1.165) is 18.6 Å². The van der Waals surface area contributed by atoms with Gasteiger partial charge in [-0.05, 0) is 44.7 Å². The highest BCUT2D eigenvalue weighted by Gasteiger charge is 2.18. The number of nitrogens with one attached hydrogen (secondary N) is 1. The molecule has 0 bridgehead atoms. The van der Waals surface area contributed by atoms with Gasteiger partial charge >= 0.3 is 0 Å². The van der Waals surface area contributed by atoms with E-state index in [0.29, 0.717) is 5.69 Å². The lowest BCUT2D eigenvalue weighted by molar-refractivity contribution is -0.117. The van der Waals surface area contributed by atoms with Crippen LogP contribution in [-0.4, -0.2) is 18.1 Å². The number of para-hydroxylation sites is 2. The van der Waals surface area contributed by atoms with Crippen LogP contribution in [0.3, 0.4) is 0 Å². The topological polar surface area (TPSA) is 64.4 Å². The Hall–Kier alpha value is -1.55. The summed E-state index contributed by atoms with van der Waals surface area (Å²) in [5.41, 5.74) is 6.25. The summed E-state index contributed by atoms with van der Waals surface area (Å²) in [5.74, 6) is 0.538. The Labute approximate surface area is 108 Å². The maximum atomic E-state index is 11.6. The number of nitrogens with two attached hydrogens (primary N) is 1. The molecular weight excluding hydrogens is 228 g/mol. The predicted molar refractivity (Wildman–Crippen MR) is 71.6 cm³/mol. The van der Waals surface area contributed by atoms with Crippen LogP contribution in [0.5, 0.6) is 5.75 Å². The lowest BCUT2D eigenvalue weighted by atomic mass is 10.2. The fraction of sp³-hybridized carbons (Fsp3) is 0.500. The van der Waals surface area contributed by atoms with Gasteiger partial charge in [0.2, 0.25) is 5.91 Å². The summed E-state index contributed by atoms with van der Waals surface area (Å²) >= 11 is 0. The van der Waals surface area contributed by atoms with Crippen LogP contribution in [0.1, 0.15) is 32.6 Å². The van der Waals surface area contributed by atoms with Gasteiger partial charge in [-0.25, -0.2) is 0 Å². The van der Waals surface area contributed by atoms with E-state index >= 15 is 0 Å². The third-order valence-corrected chi connectivity index (χ3v) is 3.15. The Morgan fingerprint density at radius 2 is 2.06 bits per heavy atom. The van der Waals surface area contributed by atoms with Crippen molar-refractivity contribution in [2.24, 2.45) is 5.73 Å². The number of amides is 1. The minimum Gasteiger partial charge on any atom is -0.488 e. The van der Waals surface area contributed by atoms with Crippen LogP contribution in [0.25, 0.3) is 0 Å². The van der Waals surface area contributed by atoms with Crippen molar-refractivity contribution in [1.29, 1.82) is 0 Å². The first-order valence-electron chi connectivity index (χ1n) is 6.49. The summed E-state index contributed by atoms with van der Waals surface area (Å²) < 4.78 is 5.93. The zero-order valence-electron chi connectivity index (χ0n) is 10.7. The van der Waals surface area contributed by atoms with Crippen molar-refractivity contribution >= 4 is 11.6 Å². The van der Waals surface area contributed by atoms with Crippen LogP contribution in [0, 0.1) is 0 Å². The Morgan fingerprint density at radius 3 is 2.72 bits per heavy atom. The molecule has 0 radical (unpaired) electrons. The second-order valence-electron chi connectivity index (χ2n) is 4.80. The second kappa shape index (κ2) is 5.87. The van der Waals surface area contributed by atoms with E-state index in [1.165, 1.54) is 12.8 Å². The maximum absolute atomic E-state index is 11.6. The lowest BCUT2D eigenvalue weighted by Gasteiger charge is -2.17. The summed E-state index contributed by atoms with van der Waals surface area (Å²) in [4.78, 5) is 11.6. The van der Waals surface area contributed by atoms with Gasteiger partial charge in [0.25, 0.3) is 0 Å². The number of benzene rings is 1. The quantitative estimate of drug-likeness (QED) is 0.859. The molecule has 0 aliphatic heterocycles. The van der Waals surface area contributed by atoms with Crippen molar-refractivity contribution in [2.45, 2.75) is 44.8 Å². The molecule has 1 amide bonds. The fourth-order valence-corrected chi connectivity index (χ4v) is 2.11. The molecular formula is C14H20N2O2. The molecule has 4 heteroatoms.